The van der Waals surface area contributed by atoms with Crippen LogP contribution in [0.1, 0.15) is 11.6 Å². The molecular weight excluding hydrogens is 224 g/mol. The standard InChI is InChI=1S/C11H16N2O2S/c1-16(14,15)10-4-2-9(3-5-10)11-8-12-6-7-13-11/h2-5,11-13H,6-8H2,1H3. The summed E-state index contributed by atoms with van der Waals surface area (Å²) < 4.78 is 22.6. The molecule has 1 aromatic carbocycles. The summed E-state index contributed by atoms with van der Waals surface area (Å²) in [6.45, 7) is 2.81. The van der Waals surface area contributed by atoms with Gasteiger partial charge in [-0.2, -0.15) is 0 Å². The molecule has 1 aliphatic rings. The lowest BCUT2D eigenvalue weighted by molar-refractivity contribution is 0.430. The smallest absolute Gasteiger partial charge is 0.175 e. The Labute approximate surface area is 96.0 Å². The van der Waals surface area contributed by atoms with Gasteiger partial charge in [-0.05, 0) is 17.7 Å². The number of rotatable bonds is 2. The second kappa shape index (κ2) is 4.53. The SMILES string of the molecule is CS(=O)(=O)c1ccc(C2CNCCN2)cc1. The van der Waals surface area contributed by atoms with E-state index in [2.05, 4.69) is 10.6 Å². The van der Waals surface area contributed by atoms with Gasteiger partial charge in [0.25, 0.3) is 0 Å². The van der Waals surface area contributed by atoms with Crippen LogP contribution < -0.4 is 10.6 Å². The molecule has 0 aromatic heterocycles. The van der Waals surface area contributed by atoms with Gasteiger partial charge in [-0.25, -0.2) is 8.42 Å². The first-order chi connectivity index (χ1) is 7.57. The molecule has 2 rings (SSSR count). The van der Waals surface area contributed by atoms with Crippen molar-refractivity contribution < 1.29 is 8.42 Å². The lowest BCUT2D eigenvalue weighted by Gasteiger charge is -2.24. The molecule has 2 N–H and O–H groups in total. The van der Waals surface area contributed by atoms with E-state index in [0.29, 0.717) is 4.90 Å². The molecule has 0 bridgehead atoms. The highest BCUT2D eigenvalue weighted by molar-refractivity contribution is 7.90. The van der Waals surface area contributed by atoms with Crippen molar-refractivity contribution in [2.45, 2.75) is 10.9 Å². The summed E-state index contributed by atoms with van der Waals surface area (Å²) in [6.07, 6.45) is 1.22. The van der Waals surface area contributed by atoms with Crippen LogP contribution in [0.3, 0.4) is 0 Å². The van der Waals surface area contributed by atoms with Crippen LogP contribution >= 0.6 is 0 Å². The zero-order valence-corrected chi connectivity index (χ0v) is 10.0. The van der Waals surface area contributed by atoms with E-state index < -0.39 is 9.84 Å². The maximum absolute atomic E-state index is 11.3. The average molecular weight is 240 g/mol. The first kappa shape index (κ1) is 11.6. The molecule has 1 heterocycles. The predicted molar refractivity (Wildman–Crippen MR) is 63.2 cm³/mol. The first-order valence-corrected chi connectivity index (χ1v) is 7.20. The number of piperazine rings is 1. The summed E-state index contributed by atoms with van der Waals surface area (Å²) in [6, 6.07) is 7.37. The van der Waals surface area contributed by atoms with E-state index in [-0.39, 0.29) is 6.04 Å². The van der Waals surface area contributed by atoms with Gasteiger partial charge >= 0.3 is 0 Å². The van der Waals surface area contributed by atoms with Crippen LogP contribution in [-0.4, -0.2) is 34.3 Å². The Morgan fingerprint density at radius 1 is 1.19 bits per heavy atom. The van der Waals surface area contributed by atoms with Gasteiger partial charge in [-0.3, -0.25) is 0 Å². The Bertz CT molecular complexity index is 447. The zero-order valence-electron chi connectivity index (χ0n) is 9.23. The highest BCUT2D eigenvalue weighted by Crippen LogP contribution is 2.16. The van der Waals surface area contributed by atoms with Gasteiger partial charge in [0.05, 0.1) is 4.90 Å². The van der Waals surface area contributed by atoms with Gasteiger partial charge in [0.15, 0.2) is 9.84 Å². The molecule has 0 amide bonds. The Balaban J connectivity index is 2.18. The molecule has 1 aromatic rings. The van der Waals surface area contributed by atoms with E-state index >= 15 is 0 Å². The highest BCUT2D eigenvalue weighted by atomic mass is 32.2. The summed E-state index contributed by atoms with van der Waals surface area (Å²) in [7, 11) is -3.09. The van der Waals surface area contributed by atoms with Gasteiger partial charge in [0.1, 0.15) is 0 Å². The van der Waals surface area contributed by atoms with Crippen molar-refractivity contribution in [2.75, 3.05) is 25.9 Å². The topological polar surface area (TPSA) is 58.2 Å². The van der Waals surface area contributed by atoms with Crippen molar-refractivity contribution in [3.05, 3.63) is 29.8 Å². The van der Waals surface area contributed by atoms with E-state index in [1.807, 2.05) is 12.1 Å². The van der Waals surface area contributed by atoms with Gasteiger partial charge in [-0.1, -0.05) is 12.1 Å². The number of benzene rings is 1. The fraction of sp³-hybridized carbons (Fsp3) is 0.455. The molecule has 0 saturated carbocycles. The molecule has 5 heteroatoms. The van der Waals surface area contributed by atoms with Crippen LogP contribution in [0.2, 0.25) is 0 Å². The molecule has 1 atom stereocenters. The van der Waals surface area contributed by atoms with Crippen molar-refractivity contribution in [1.29, 1.82) is 0 Å². The average Bonchev–Trinajstić information content (AvgIpc) is 2.29. The highest BCUT2D eigenvalue weighted by Gasteiger charge is 2.14. The first-order valence-electron chi connectivity index (χ1n) is 5.31. The molecule has 0 aliphatic carbocycles. The lowest BCUT2D eigenvalue weighted by atomic mass is 10.1. The normalized spacial score (nSPS) is 21.9. The van der Waals surface area contributed by atoms with Crippen LogP contribution in [0.4, 0.5) is 0 Å². The van der Waals surface area contributed by atoms with Gasteiger partial charge in [0.2, 0.25) is 0 Å². The molecule has 1 fully saturated rings. The van der Waals surface area contributed by atoms with Crippen molar-refractivity contribution in [3.8, 4) is 0 Å². The van der Waals surface area contributed by atoms with E-state index in [0.717, 1.165) is 25.2 Å². The molecule has 4 nitrogen and oxygen atoms in total. The summed E-state index contributed by atoms with van der Waals surface area (Å²) in [5.74, 6) is 0. The molecule has 1 saturated heterocycles. The zero-order chi connectivity index (χ0) is 11.6. The molecule has 1 unspecified atom stereocenters. The number of sulfone groups is 1. The Morgan fingerprint density at radius 2 is 1.88 bits per heavy atom. The summed E-state index contributed by atoms with van der Waals surface area (Å²) in [5, 5.41) is 6.68. The predicted octanol–water partition coefficient (Wildman–Crippen LogP) is 0.324. The second-order valence-corrected chi connectivity index (χ2v) is 6.07. The van der Waals surface area contributed by atoms with Gasteiger partial charge in [-0.15, -0.1) is 0 Å². The maximum atomic E-state index is 11.3. The van der Waals surface area contributed by atoms with Crippen molar-refractivity contribution >= 4 is 9.84 Å². The van der Waals surface area contributed by atoms with Crippen molar-refractivity contribution in [2.24, 2.45) is 0 Å². The van der Waals surface area contributed by atoms with Crippen LogP contribution in [0.5, 0.6) is 0 Å². The van der Waals surface area contributed by atoms with Crippen LogP contribution in [0.25, 0.3) is 0 Å². The minimum Gasteiger partial charge on any atom is -0.314 e. The lowest BCUT2D eigenvalue weighted by Crippen LogP contribution is -2.42. The molecule has 1 aliphatic heterocycles. The van der Waals surface area contributed by atoms with E-state index in [4.69, 9.17) is 0 Å². The van der Waals surface area contributed by atoms with E-state index in [1.54, 1.807) is 12.1 Å². The molecular formula is C11H16N2O2S. The van der Waals surface area contributed by atoms with Crippen LogP contribution in [-0.2, 0) is 9.84 Å². The van der Waals surface area contributed by atoms with Crippen molar-refractivity contribution in [3.63, 3.8) is 0 Å². The molecule has 88 valence electrons. The quantitative estimate of drug-likeness (QED) is 0.782. The fourth-order valence-corrected chi connectivity index (χ4v) is 2.47. The van der Waals surface area contributed by atoms with E-state index in [1.165, 1.54) is 6.26 Å². The molecule has 16 heavy (non-hydrogen) atoms. The monoisotopic (exact) mass is 240 g/mol. The maximum Gasteiger partial charge on any atom is 0.175 e. The molecule has 0 radical (unpaired) electrons. The summed E-state index contributed by atoms with van der Waals surface area (Å²) in [5.41, 5.74) is 1.12. The third-order valence-corrected chi connectivity index (χ3v) is 3.88. The minimum atomic E-state index is -3.09. The van der Waals surface area contributed by atoms with Gasteiger partial charge < -0.3 is 10.6 Å². The fourth-order valence-electron chi connectivity index (χ4n) is 1.84. The largest absolute Gasteiger partial charge is 0.314 e. The van der Waals surface area contributed by atoms with Crippen LogP contribution in [0, 0.1) is 0 Å². The Hall–Kier alpha value is -0.910. The summed E-state index contributed by atoms with van der Waals surface area (Å²) >= 11 is 0. The van der Waals surface area contributed by atoms with E-state index in [9.17, 15) is 8.42 Å². The third-order valence-electron chi connectivity index (χ3n) is 2.75. The molecule has 0 spiro atoms. The Morgan fingerprint density at radius 3 is 2.38 bits per heavy atom. The minimum absolute atomic E-state index is 0.280. The third kappa shape index (κ3) is 2.61. The summed E-state index contributed by atoms with van der Waals surface area (Å²) in [4.78, 5) is 0.375. The Kier molecular flexibility index (Phi) is 3.28. The van der Waals surface area contributed by atoms with Crippen LogP contribution in [0.15, 0.2) is 29.2 Å². The second-order valence-electron chi connectivity index (χ2n) is 4.05. The van der Waals surface area contributed by atoms with Gasteiger partial charge in [0, 0.05) is 31.9 Å². The number of hydrogen-bond donors (Lipinski definition) is 2. The van der Waals surface area contributed by atoms with Crippen molar-refractivity contribution in [1.82, 2.24) is 10.6 Å². The number of hydrogen-bond acceptors (Lipinski definition) is 4. The number of nitrogens with one attached hydrogen (secondary N) is 2.